The van der Waals surface area contributed by atoms with Crippen LogP contribution in [0.5, 0.6) is 17.2 Å². The molecule has 11 nitrogen and oxygen atoms in total. The molecule has 1 aromatic rings. The number of allylic oxidation sites excluding steroid dienone is 2. The van der Waals surface area contributed by atoms with Crippen LogP contribution in [0.15, 0.2) is 23.8 Å². The Balaban J connectivity index is 1.59. The van der Waals surface area contributed by atoms with Crippen molar-refractivity contribution in [2.75, 3.05) is 27.8 Å². The molecule has 4 aliphatic rings. The first-order chi connectivity index (χ1) is 19.8. The quantitative estimate of drug-likeness (QED) is 0.183. The third kappa shape index (κ3) is 4.18. The predicted molar refractivity (Wildman–Crippen MR) is 150 cm³/mol. The van der Waals surface area contributed by atoms with E-state index >= 15 is 0 Å². The average Bonchev–Trinajstić information content (AvgIpc) is 3.27. The molecule has 2 N–H and O–H groups in total. The largest absolute Gasteiger partial charge is 0.507 e. The fourth-order valence-corrected chi connectivity index (χ4v) is 8.24. The molecule has 4 amide bonds. The van der Waals surface area contributed by atoms with Crippen molar-refractivity contribution in [3.63, 3.8) is 0 Å². The maximum absolute atomic E-state index is 13.8. The molecule has 3 fully saturated rings. The number of rotatable bonds is 9. The lowest BCUT2D eigenvalue weighted by atomic mass is 9.56. The van der Waals surface area contributed by atoms with Gasteiger partial charge in [0.05, 0.1) is 26.1 Å². The lowest BCUT2D eigenvalue weighted by Crippen LogP contribution is -2.60. The summed E-state index contributed by atoms with van der Waals surface area (Å²) in [6.45, 7) is 0.147. The van der Waals surface area contributed by atoms with Crippen LogP contribution in [0.2, 0.25) is 0 Å². The molecular weight excluding hydrogens is 591 g/mol. The molecule has 2 saturated heterocycles. The number of phenols is 1. The van der Waals surface area contributed by atoms with Crippen molar-refractivity contribution in [2.24, 2.45) is 17.8 Å². The number of hydrogen-bond acceptors (Lipinski definition) is 8. The number of carboxylic acids is 1. The normalized spacial score (nSPS) is 32.0. The summed E-state index contributed by atoms with van der Waals surface area (Å²) < 4.78 is 10.9. The second kappa shape index (κ2) is 10.8. The first-order valence-corrected chi connectivity index (χ1v) is 14.5. The molecule has 2 aliphatic heterocycles. The summed E-state index contributed by atoms with van der Waals surface area (Å²) in [6, 6.07) is 2.85. The number of carbonyl (C=O) groups excluding carboxylic acids is 4. The highest BCUT2D eigenvalue weighted by molar-refractivity contribution is 6.53. The van der Waals surface area contributed by atoms with E-state index in [9.17, 15) is 29.1 Å². The summed E-state index contributed by atoms with van der Waals surface area (Å²) in [5.74, 6) is -6.45. The van der Waals surface area contributed by atoms with Gasteiger partial charge in [0, 0.05) is 43.6 Å². The number of carbonyl (C=O) groups is 5. The number of phenolic OH excluding ortho intramolecular Hbond substituents is 1. The first-order valence-electron chi connectivity index (χ1n) is 13.8. The number of aliphatic carboxylic acids is 1. The zero-order valence-electron chi connectivity index (χ0n) is 23.4. The molecule has 0 bridgehead atoms. The number of amides is 4. The Morgan fingerprint density at radius 2 is 1.74 bits per heavy atom. The lowest BCUT2D eigenvalue weighted by molar-refractivity contribution is -0.141. The van der Waals surface area contributed by atoms with Gasteiger partial charge in [-0.05, 0) is 31.6 Å². The molecule has 1 saturated carbocycles. The summed E-state index contributed by atoms with van der Waals surface area (Å²) in [5, 5.41) is 20.1. The third-order valence-corrected chi connectivity index (χ3v) is 10.6. The summed E-state index contributed by atoms with van der Waals surface area (Å²) in [6.07, 6.45) is 3.22. The number of carboxylic acid groups (broad SMARTS) is 1. The molecule has 0 spiro atoms. The Labute approximate surface area is 252 Å². The molecule has 0 aromatic heterocycles. The number of imide groups is 2. The van der Waals surface area contributed by atoms with Gasteiger partial charge in [-0.15, -0.1) is 23.2 Å². The van der Waals surface area contributed by atoms with Crippen molar-refractivity contribution in [3.05, 3.63) is 29.3 Å². The monoisotopic (exact) mass is 622 g/mol. The van der Waals surface area contributed by atoms with Crippen LogP contribution in [0.4, 0.5) is 0 Å². The summed E-state index contributed by atoms with van der Waals surface area (Å²) in [4.78, 5) is 63.4. The van der Waals surface area contributed by atoms with E-state index in [2.05, 4.69) is 0 Å². The Kier molecular flexibility index (Phi) is 7.72. The minimum Gasteiger partial charge on any atom is -0.507 e. The Morgan fingerprint density at radius 1 is 1.02 bits per heavy atom. The molecule has 13 heteroatoms. The molecule has 6 unspecified atom stereocenters. The van der Waals surface area contributed by atoms with E-state index in [0.29, 0.717) is 24.8 Å². The van der Waals surface area contributed by atoms with Gasteiger partial charge in [0.1, 0.15) is 17.2 Å². The number of halogens is 2. The maximum Gasteiger partial charge on any atom is 0.303 e. The topological polar surface area (TPSA) is 151 Å². The van der Waals surface area contributed by atoms with Gasteiger partial charge in [0.15, 0.2) is 9.75 Å². The highest BCUT2D eigenvalue weighted by Gasteiger charge is 2.76. The number of alkyl halides is 2. The summed E-state index contributed by atoms with van der Waals surface area (Å²) in [7, 11) is 4.08. The van der Waals surface area contributed by atoms with Gasteiger partial charge in [-0.3, -0.25) is 33.8 Å². The van der Waals surface area contributed by atoms with Gasteiger partial charge in [0.25, 0.3) is 11.8 Å². The fourth-order valence-electron chi connectivity index (χ4n) is 7.23. The van der Waals surface area contributed by atoms with Crippen molar-refractivity contribution < 1.29 is 43.7 Å². The van der Waals surface area contributed by atoms with E-state index in [1.165, 1.54) is 38.3 Å². The van der Waals surface area contributed by atoms with E-state index in [4.69, 9.17) is 37.8 Å². The lowest BCUT2D eigenvalue weighted by Gasteiger charge is -2.51. The molecule has 6 atom stereocenters. The van der Waals surface area contributed by atoms with Crippen LogP contribution in [0.1, 0.15) is 50.0 Å². The fraction of sp³-hybridized carbons (Fsp3) is 0.552. The Bertz CT molecular complexity index is 1410. The minimum absolute atomic E-state index is 0.00469. The van der Waals surface area contributed by atoms with Crippen LogP contribution in [0.3, 0.4) is 0 Å². The van der Waals surface area contributed by atoms with Crippen molar-refractivity contribution in [1.29, 1.82) is 0 Å². The van der Waals surface area contributed by atoms with Crippen molar-refractivity contribution in [3.8, 4) is 17.2 Å². The number of fused-ring (bicyclic) bond motifs is 4. The van der Waals surface area contributed by atoms with Crippen LogP contribution in [-0.4, -0.2) is 87.2 Å². The summed E-state index contributed by atoms with van der Waals surface area (Å²) >= 11 is 14.3. The Morgan fingerprint density at radius 3 is 2.38 bits per heavy atom. The second-order valence-corrected chi connectivity index (χ2v) is 12.5. The van der Waals surface area contributed by atoms with Crippen LogP contribution < -0.4 is 9.47 Å². The van der Waals surface area contributed by atoms with Crippen LogP contribution in [0, 0.1) is 17.8 Å². The maximum atomic E-state index is 13.8. The molecule has 2 aliphatic carbocycles. The zero-order valence-corrected chi connectivity index (χ0v) is 24.9. The van der Waals surface area contributed by atoms with E-state index in [0.717, 1.165) is 4.90 Å². The predicted octanol–water partition coefficient (Wildman–Crippen LogP) is 3.04. The van der Waals surface area contributed by atoms with E-state index < -0.39 is 57.1 Å². The highest BCUT2D eigenvalue weighted by Crippen LogP contribution is 2.67. The van der Waals surface area contributed by atoms with Gasteiger partial charge >= 0.3 is 5.97 Å². The third-order valence-electron chi connectivity index (χ3n) is 9.22. The number of likely N-dealkylation sites (tertiary alicyclic amines) is 2. The number of unbranched alkanes of at least 4 members (excludes halogenated alkanes) is 2. The molecule has 1 aromatic carbocycles. The van der Waals surface area contributed by atoms with Gasteiger partial charge in [-0.25, -0.2) is 0 Å². The van der Waals surface area contributed by atoms with Crippen LogP contribution in [0.25, 0.3) is 0 Å². The van der Waals surface area contributed by atoms with Gasteiger partial charge in [-0.2, -0.15) is 0 Å². The van der Waals surface area contributed by atoms with Crippen molar-refractivity contribution in [2.45, 2.75) is 54.2 Å². The van der Waals surface area contributed by atoms with Crippen molar-refractivity contribution >= 4 is 52.8 Å². The molecule has 226 valence electrons. The molecule has 2 heterocycles. The van der Waals surface area contributed by atoms with Gasteiger partial charge in [-0.1, -0.05) is 18.1 Å². The molecule has 5 rings (SSSR count). The minimum atomic E-state index is -2.07. The molecule has 0 radical (unpaired) electrons. The van der Waals surface area contributed by atoms with Crippen molar-refractivity contribution in [1.82, 2.24) is 9.80 Å². The average molecular weight is 623 g/mol. The van der Waals surface area contributed by atoms with E-state index in [1.807, 2.05) is 0 Å². The SMILES string of the molecule is COc1cc(O)c(C2C3=CCC4C(=O)N(CCCCCC(=O)O)C(=O)C4C3CC3(Cl)C(=O)N(C)C(=O)C23Cl)c(OC)c1. The summed E-state index contributed by atoms with van der Waals surface area (Å²) in [5.41, 5.74) is 0.651. The number of nitrogens with zero attached hydrogens (tertiary/aromatic N) is 2. The van der Waals surface area contributed by atoms with E-state index in [-0.39, 0.29) is 54.5 Å². The smallest absolute Gasteiger partial charge is 0.303 e. The van der Waals surface area contributed by atoms with Gasteiger partial charge < -0.3 is 19.7 Å². The van der Waals surface area contributed by atoms with Crippen LogP contribution >= 0.6 is 23.2 Å². The number of methoxy groups -OCH3 is 2. The first kappa shape index (κ1) is 30.2. The zero-order chi connectivity index (χ0) is 30.7. The number of benzene rings is 1. The molecule has 42 heavy (non-hydrogen) atoms. The Hall–Kier alpha value is -3.31. The second-order valence-electron chi connectivity index (χ2n) is 11.3. The number of ether oxygens (including phenoxy) is 2. The number of aromatic hydroxyl groups is 1. The van der Waals surface area contributed by atoms with E-state index in [1.54, 1.807) is 6.08 Å². The standard InChI is InChI=1S/C29H32Cl2N2O9/c1-32-26(39)28(30)13-17-15(8-9-16-21(17)25(38)33(24(16)37)10-6-4-5-7-20(35)36)23(29(28,31)27(32)40)22-18(34)11-14(41-2)12-19(22)42-3/h8,11-12,16-17,21,23,34H,4-7,9-10,13H2,1-3H3,(H,35,36). The highest BCUT2D eigenvalue weighted by atomic mass is 35.5. The van der Waals surface area contributed by atoms with Crippen LogP contribution in [-0.2, 0) is 24.0 Å². The number of hydrogen-bond donors (Lipinski definition) is 2. The molecular formula is C29H32Cl2N2O9. The van der Waals surface area contributed by atoms with Gasteiger partial charge in [0.2, 0.25) is 11.8 Å².